The van der Waals surface area contributed by atoms with Gasteiger partial charge in [0.05, 0.1) is 0 Å². The average Bonchev–Trinajstić information content (AvgIpc) is 2.44. The largest absolute Gasteiger partial charge is 0.348 e. The first-order chi connectivity index (χ1) is 9.61. The van der Waals surface area contributed by atoms with Gasteiger partial charge in [-0.2, -0.15) is 5.10 Å². The molecular formula is C15H23N3O2. The SMILES string of the molecule is CCCn1nc(C(=O)NC2CCCCC2C)ccc1=O. The monoisotopic (exact) mass is 277 g/mol. The number of nitrogens with one attached hydrogen (secondary N) is 1. The fraction of sp³-hybridized carbons (Fsp3) is 0.667. The lowest BCUT2D eigenvalue weighted by atomic mass is 9.86. The first kappa shape index (κ1) is 14.8. The molecule has 2 rings (SSSR count). The van der Waals surface area contributed by atoms with Crippen LogP contribution in [0, 0.1) is 5.92 Å². The predicted molar refractivity (Wildman–Crippen MR) is 77.7 cm³/mol. The smallest absolute Gasteiger partial charge is 0.271 e. The number of hydrogen-bond acceptors (Lipinski definition) is 3. The Morgan fingerprint density at radius 3 is 2.85 bits per heavy atom. The summed E-state index contributed by atoms with van der Waals surface area (Å²) in [6.07, 6.45) is 5.41. The van der Waals surface area contributed by atoms with Crippen LogP contribution in [0.2, 0.25) is 0 Å². The van der Waals surface area contributed by atoms with E-state index in [0.717, 1.165) is 25.7 Å². The molecule has 5 heteroatoms. The minimum absolute atomic E-state index is 0.158. The van der Waals surface area contributed by atoms with E-state index >= 15 is 0 Å². The fourth-order valence-corrected chi connectivity index (χ4v) is 2.72. The molecule has 0 aliphatic heterocycles. The third-order valence-corrected chi connectivity index (χ3v) is 3.96. The second kappa shape index (κ2) is 6.68. The molecule has 2 unspecified atom stereocenters. The molecule has 1 heterocycles. The fourth-order valence-electron chi connectivity index (χ4n) is 2.72. The number of carbonyl (C=O) groups is 1. The Hall–Kier alpha value is -1.65. The maximum Gasteiger partial charge on any atom is 0.271 e. The van der Waals surface area contributed by atoms with Gasteiger partial charge < -0.3 is 5.32 Å². The van der Waals surface area contributed by atoms with Crippen molar-refractivity contribution in [2.45, 2.75) is 58.5 Å². The van der Waals surface area contributed by atoms with E-state index in [1.165, 1.54) is 23.2 Å². The van der Waals surface area contributed by atoms with Gasteiger partial charge in [-0.15, -0.1) is 0 Å². The molecule has 0 spiro atoms. The molecule has 110 valence electrons. The second-order valence-electron chi connectivity index (χ2n) is 5.62. The molecular weight excluding hydrogens is 254 g/mol. The molecule has 1 aromatic heterocycles. The summed E-state index contributed by atoms with van der Waals surface area (Å²) in [5.74, 6) is 0.336. The highest BCUT2D eigenvalue weighted by Crippen LogP contribution is 2.23. The minimum Gasteiger partial charge on any atom is -0.348 e. The molecule has 5 nitrogen and oxygen atoms in total. The zero-order valence-corrected chi connectivity index (χ0v) is 12.3. The van der Waals surface area contributed by atoms with Crippen LogP contribution in [0.3, 0.4) is 0 Å². The summed E-state index contributed by atoms with van der Waals surface area (Å²) in [6.45, 7) is 4.69. The zero-order chi connectivity index (χ0) is 14.5. The van der Waals surface area contributed by atoms with E-state index in [-0.39, 0.29) is 17.5 Å². The first-order valence-corrected chi connectivity index (χ1v) is 7.51. The van der Waals surface area contributed by atoms with Gasteiger partial charge in [-0.25, -0.2) is 4.68 Å². The number of amides is 1. The topological polar surface area (TPSA) is 64.0 Å². The molecule has 0 saturated heterocycles. The quantitative estimate of drug-likeness (QED) is 0.915. The molecule has 1 aliphatic rings. The average molecular weight is 277 g/mol. The van der Waals surface area contributed by atoms with Crippen LogP contribution >= 0.6 is 0 Å². The van der Waals surface area contributed by atoms with Crippen LogP contribution in [0.5, 0.6) is 0 Å². The summed E-state index contributed by atoms with van der Waals surface area (Å²) >= 11 is 0. The van der Waals surface area contributed by atoms with E-state index in [0.29, 0.717) is 18.2 Å². The molecule has 1 fully saturated rings. The molecule has 1 amide bonds. The molecule has 20 heavy (non-hydrogen) atoms. The summed E-state index contributed by atoms with van der Waals surface area (Å²) in [4.78, 5) is 23.8. The van der Waals surface area contributed by atoms with Gasteiger partial charge in [0.1, 0.15) is 5.69 Å². The van der Waals surface area contributed by atoms with Crippen molar-refractivity contribution in [1.82, 2.24) is 15.1 Å². The van der Waals surface area contributed by atoms with Gasteiger partial charge in [0.2, 0.25) is 0 Å². The third kappa shape index (κ3) is 3.46. The van der Waals surface area contributed by atoms with Gasteiger partial charge in [-0.3, -0.25) is 9.59 Å². The Balaban J connectivity index is 2.08. The molecule has 1 saturated carbocycles. The van der Waals surface area contributed by atoms with E-state index in [9.17, 15) is 9.59 Å². The molecule has 0 bridgehead atoms. The number of hydrogen-bond donors (Lipinski definition) is 1. The van der Waals surface area contributed by atoms with Gasteiger partial charge in [0, 0.05) is 18.7 Å². The maximum atomic E-state index is 12.2. The molecule has 2 atom stereocenters. The molecule has 1 N–H and O–H groups in total. The summed E-state index contributed by atoms with van der Waals surface area (Å²) in [7, 11) is 0. The van der Waals surface area contributed by atoms with E-state index < -0.39 is 0 Å². The number of aryl methyl sites for hydroxylation is 1. The lowest BCUT2D eigenvalue weighted by molar-refractivity contribution is 0.0902. The van der Waals surface area contributed by atoms with Crippen LogP contribution in [-0.2, 0) is 6.54 Å². The normalized spacial score (nSPS) is 22.5. The highest BCUT2D eigenvalue weighted by Gasteiger charge is 2.23. The highest BCUT2D eigenvalue weighted by molar-refractivity contribution is 5.92. The highest BCUT2D eigenvalue weighted by atomic mass is 16.2. The standard InChI is InChI=1S/C15H23N3O2/c1-3-10-18-14(19)9-8-13(17-18)15(20)16-12-7-5-4-6-11(12)2/h8-9,11-12H,3-7,10H2,1-2H3,(H,16,20). The van der Waals surface area contributed by atoms with Crippen molar-refractivity contribution in [3.63, 3.8) is 0 Å². The summed E-state index contributed by atoms with van der Waals surface area (Å²) in [5.41, 5.74) is 0.172. The Labute approximate surface area is 119 Å². The van der Waals surface area contributed by atoms with Crippen LogP contribution in [0.4, 0.5) is 0 Å². The van der Waals surface area contributed by atoms with Crippen LogP contribution in [-0.4, -0.2) is 21.7 Å². The molecule has 1 aromatic rings. The van der Waals surface area contributed by atoms with E-state index in [1.54, 1.807) is 0 Å². The van der Waals surface area contributed by atoms with Crippen molar-refractivity contribution >= 4 is 5.91 Å². The molecule has 0 aromatic carbocycles. The van der Waals surface area contributed by atoms with Crippen molar-refractivity contribution in [1.29, 1.82) is 0 Å². The van der Waals surface area contributed by atoms with Crippen molar-refractivity contribution in [2.24, 2.45) is 5.92 Å². The Morgan fingerprint density at radius 2 is 2.15 bits per heavy atom. The zero-order valence-electron chi connectivity index (χ0n) is 12.3. The van der Waals surface area contributed by atoms with Crippen molar-refractivity contribution in [2.75, 3.05) is 0 Å². The second-order valence-corrected chi connectivity index (χ2v) is 5.62. The number of aromatic nitrogens is 2. The van der Waals surface area contributed by atoms with Gasteiger partial charge in [0.15, 0.2) is 0 Å². The summed E-state index contributed by atoms with van der Waals surface area (Å²) in [6, 6.07) is 3.16. The van der Waals surface area contributed by atoms with Crippen molar-refractivity contribution in [3.05, 3.63) is 28.2 Å². The van der Waals surface area contributed by atoms with Crippen molar-refractivity contribution < 1.29 is 4.79 Å². The third-order valence-electron chi connectivity index (χ3n) is 3.96. The number of rotatable bonds is 4. The van der Waals surface area contributed by atoms with Crippen LogP contribution < -0.4 is 10.9 Å². The Morgan fingerprint density at radius 1 is 1.40 bits per heavy atom. The number of nitrogens with zero attached hydrogens (tertiary/aromatic N) is 2. The lowest BCUT2D eigenvalue weighted by Crippen LogP contribution is -2.42. The number of carbonyl (C=O) groups excluding carboxylic acids is 1. The van der Waals surface area contributed by atoms with Gasteiger partial charge >= 0.3 is 0 Å². The lowest BCUT2D eigenvalue weighted by Gasteiger charge is -2.29. The molecule has 0 radical (unpaired) electrons. The van der Waals surface area contributed by atoms with E-state index in [1.807, 2.05) is 6.92 Å². The van der Waals surface area contributed by atoms with Gasteiger partial charge in [-0.1, -0.05) is 26.7 Å². The Bertz CT molecular complexity index is 524. The Kier molecular flexibility index (Phi) is 4.93. The summed E-state index contributed by atoms with van der Waals surface area (Å²) < 4.78 is 1.36. The van der Waals surface area contributed by atoms with Crippen LogP contribution in [0.25, 0.3) is 0 Å². The summed E-state index contributed by atoms with van der Waals surface area (Å²) in [5, 5.41) is 7.20. The van der Waals surface area contributed by atoms with Crippen LogP contribution in [0.1, 0.15) is 56.4 Å². The van der Waals surface area contributed by atoms with E-state index in [4.69, 9.17) is 0 Å². The molecule has 1 aliphatic carbocycles. The van der Waals surface area contributed by atoms with E-state index in [2.05, 4.69) is 17.3 Å². The van der Waals surface area contributed by atoms with Crippen molar-refractivity contribution in [3.8, 4) is 0 Å². The minimum atomic E-state index is -0.173. The van der Waals surface area contributed by atoms with Gasteiger partial charge in [0.25, 0.3) is 11.5 Å². The van der Waals surface area contributed by atoms with Gasteiger partial charge in [-0.05, 0) is 31.2 Å². The predicted octanol–water partition coefficient (Wildman–Crippen LogP) is 1.96. The van der Waals surface area contributed by atoms with Crippen LogP contribution in [0.15, 0.2) is 16.9 Å². The first-order valence-electron chi connectivity index (χ1n) is 7.51. The maximum absolute atomic E-state index is 12.2.